The molecule has 0 radical (unpaired) electrons. The molecule has 1 heterocycles. The lowest BCUT2D eigenvalue weighted by Gasteiger charge is -2.31. The maximum absolute atomic E-state index is 12.4. The normalized spacial score (nSPS) is 23.3. The average Bonchev–Trinajstić information content (AvgIpc) is 3.02. The summed E-state index contributed by atoms with van der Waals surface area (Å²) in [7, 11) is 0. The fourth-order valence-electron chi connectivity index (χ4n) is 4.00. The van der Waals surface area contributed by atoms with E-state index in [0.717, 1.165) is 19.4 Å². The molecule has 4 heteroatoms. The van der Waals surface area contributed by atoms with Crippen LogP contribution in [0.2, 0.25) is 0 Å². The van der Waals surface area contributed by atoms with Crippen molar-refractivity contribution in [3.05, 3.63) is 35.9 Å². The zero-order valence-electron chi connectivity index (χ0n) is 13.6. The van der Waals surface area contributed by atoms with E-state index < -0.39 is 0 Å². The van der Waals surface area contributed by atoms with Gasteiger partial charge in [0.05, 0.1) is 0 Å². The van der Waals surface area contributed by atoms with Gasteiger partial charge in [-0.25, -0.2) is 0 Å². The third kappa shape index (κ3) is 4.12. The van der Waals surface area contributed by atoms with Crippen LogP contribution in [0.3, 0.4) is 0 Å². The second kappa shape index (κ2) is 7.16. The molecule has 0 unspecified atom stereocenters. The largest absolute Gasteiger partial charge is 0.356 e. The van der Waals surface area contributed by atoms with Crippen molar-refractivity contribution < 1.29 is 9.59 Å². The Morgan fingerprint density at radius 1 is 1.22 bits per heavy atom. The van der Waals surface area contributed by atoms with Gasteiger partial charge in [-0.05, 0) is 36.7 Å². The first-order chi connectivity index (χ1) is 11.2. The Hall–Kier alpha value is -1.84. The molecule has 2 fully saturated rings. The molecule has 0 aromatic heterocycles. The van der Waals surface area contributed by atoms with Crippen LogP contribution in [0.5, 0.6) is 0 Å². The van der Waals surface area contributed by atoms with Crippen LogP contribution in [0, 0.1) is 11.3 Å². The Labute approximate surface area is 138 Å². The molecule has 4 nitrogen and oxygen atoms in total. The molecule has 2 aliphatic rings. The lowest BCUT2D eigenvalue weighted by Crippen LogP contribution is -2.44. The van der Waals surface area contributed by atoms with E-state index in [1.165, 1.54) is 31.2 Å². The molecule has 1 aliphatic heterocycles. The first-order valence-electron chi connectivity index (χ1n) is 8.75. The van der Waals surface area contributed by atoms with Crippen molar-refractivity contribution in [2.75, 3.05) is 13.1 Å². The predicted molar refractivity (Wildman–Crippen MR) is 89.8 cm³/mol. The van der Waals surface area contributed by atoms with Gasteiger partial charge in [-0.1, -0.05) is 43.2 Å². The van der Waals surface area contributed by atoms with Gasteiger partial charge in [0, 0.05) is 25.4 Å². The number of benzene rings is 1. The number of carbonyl (C=O) groups is 2. The van der Waals surface area contributed by atoms with Crippen LogP contribution < -0.4 is 10.6 Å². The van der Waals surface area contributed by atoms with Crippen LogP contribution in [0.1, 0.15) is 44.1 Å². The molecule has 23 heavy (non-hydrogen) atoms. The van der Waals surface area contributed by atoms with Gasteiger partial charge in [-0.15, -0.1) is 0 Å². The number of hydrogen-bond acceptors (Lipinski definition) is 2. The number of piperidine rings is 1. The van der Waals surface area contributed by atoms with Crippen LogP contribution in [0.25, 0.3) is 0 Å². The summed E-state index contributed by atoms with van der Waals surface area (Å²) in [6.45, 7) is 1.35. The number of rotatable bonds is 5. The van der Waals surface area contributed by atoms with Gasteiger partial charge in [0.1, 0.15) is 0 Å². The first-order valence-corrected chi connectivity index (χ1v) is 8.75. The summed E-state index contributed by atoms with van der Waals surface area (Å²) in [4.78, 5) is 23.9. The zero-order chi connectivity index (χ0) is 16.1. The highest BCUT2D eigenvalue weighted by atomic mass is 16.2. The topological polar surface area (TPSA) is 58.2 Å². The van der Waals surface area contributed by atoms with E-state index in [1.54, 1.807) is 0 Å². The molecular weight excluding hydrogens is 288 g/mol. The maximum atomic E-state index is 12.4. The molecule has 3 rings (SSSR count). The average molecular weight is 314 g/mol. The van der Waals surface area contributed by atoms with Gasteiger partial charge in [-0.3, -0.25) is 9.59 Å². The van der Waals surface area contributed by atoms with Crippen LogP contribution in [-0.2, 0) is 16.0 Å². The molecule has 1 saturated carbocycles. The quantitative estimate of drug-likeness (QED) is 0.877. The summed E-state index contributed by atoms with van der Waals surface area (Å²) >= 11 is 0. The minimum Gasteiger partial charge on any atom is -0.356 e. The van der Waals surface area contributed by atoms with Crippen LogP contribution in [0.15, 0.2) is 30.3 Å². The minimum atomic E-state index is -0.154. The fraction of sp³-hybridized carbons (Fsp3) is 0.579. The summed E-state index contributed by atoms with van der Waals surface area (Å²) in [5.74, 6) is -0.102. The fourth-order valence-corrected chi connectivity index (χ4v) is 4.00. The maximum Gasteiger partial charge on any atom is 0.223 e. The van der Waals surface area contributed by atoms with Gasteiger partial charge >= 0.3 is 0 Å². The standard InChI is InChI=1S/C19H26N2O2/c22-17-12-16(8-11-20-17)18(23)21-14-19(9-4-5-10-19)13-15-6-2-1-3-7-15/h1-3,6-7,16H,4-5,8-14H2,(H,20,22)(H,21,23)/t16-/m0/s1. The monoisotopic (exact) mass is 314 g/mol. The van der Waals surface area contributed by atoms with E-state index in [9.17, 15) is 9.59 Å². The summed E-state index contributed by atoms with van der Waals surface area (Å²) in [6, 6.07) is 10.6. The van der Waals surface area contributed by atoms with Gasteiger partial charge in [0.15, 0.2) is 0 Å². The zero-order valence-corrected chi connectivity index (χ0v) is 13.6. The highest BCUT2D eigenvalue weighted by Gasteiger charge is 2.35. The van der Waals surface area contributed by atoms with Crippen molar-refractivity contribution in [2.24, 2.45) is 11.3 Å². The van der Waals surface area contributed by atoms with Gasteiger partial charge in [-0.2, -0.15) is 0 Å². The van der Waals surface area contributed by atoms with Crippen molar-refractivity contribution in [1.29, 1.82) is 0 Å². The molecule has 2 amide bonds. The Morgan fingerprint density at radius 3 is 2.65 bits per heavy atom. The predicted octanol–water partition coefficient (Wildman–Crippen LogP) is 2.43. The number of hydrogen-bond donors (Lipinski definition) is 2. The smallest absolute Gasteiger partial charge is 0.223 e. The van der Waals surface area contributed by atoms with Crippen LogP contribution in [0.4, 0.5) is 0 Å². The third-order valence-corrected chi connectivity index (χ3v) is 5.34. The molecule has 1 atom stereocenters. The second-order valence-electron chi connectivity index (χ2n) is 7.13. The molecule has 1 aromatic rings. The molecule has 124 valence electrons. The summed E-state index contributed by atoms with van der Waals surface area (Å²) in [6.07, 6.45) is 6.95. The first kappa shape index (κ1) is 16.0. The van der Waals surface area contributed by atoms with Crippen molar-refractivity contribution in [3.8, 4) is 0 Å². The van der Waals surface area contributed by atoms with Crippen molar-refractivity contribution >= 4 is 11.8 Å². The van der Waals surface area contributed by atoms with E-state index >= 15 is 0 Å². The summed E-state index contributed by atoms with van der Waals surface area (Å²) in [5.41, 5.74) is 1.54. The highest BCUT2D eigenvalue weighted by Crippen LogP contribution is 2.40. The molecule has 0 bridgehead atoms. The Morgan fingerprint density at radius 2 is 1.96 bits per heavy atom. The Bertz CT molecular complexity index is 550. The molecule has 1 saturated heterocycles. The van der Waals surface area contributed by atoms with E-state index in [-0.39, 0.29) is 23.1 Å². The Kier molecular flexibility index (Phi) is 4.99. The lowest BCUT2D eigenvalue weighted by molar-refractivity contribution is -0.132. The summed E-state index contributed by atoms with van der Waals surface area (Å²) in [5, 5.41) is 5.94. The minimum absolute atomic E-state index is 0.00346. The number of carbonyl (C=O) groups excluding carboxylic acids is 2. The summed E-state index contributed by atoms with van der Waals surface area (Å²) < 4.78 is 0. The van der Waals surface area contributed by atoms with Crippen molar-refractivity contribution in [2.45, 2.75) is 44.9 Å². The second-order valence-corrected chi connectivity index (χ2v) is 7.13. The Balaban J connectivity index is 1.59. The molecule has 0 spiro atoms. The number of nitrogens with one attached hydrogen (secondary N) is 2. The van der Waals surface area contributed by atoms with Crippen LogP contribution >= 0.6 is 0 Å². The molecule has 1 aromatic carbocycles. The SMILES string of the molecule is O=C1C[C@@H](C(=O)NCC2(Cc3ccccc3)CCCC2)CCN1. The van der Waals surface area contributed by atoms with E-state index in [0.29, 0.717) is 13.0 Å². The molecule has 2 N–H and O–H groups in total. The number of amides is 2. The highest BCUT2D eigenvalue weighted by molar-refractivity contribution is 5.86. The lowest BCUT2D eigenvalue weighted by atomic mass is 9.79. The van der Waals surface area contributed by atoms with E-state index in [2.05, 4.69) is 34.9 Å². The van der Waals surface area contributed by atoms with Crippen molar-refractivity contribution in [3.63, 3.8) is 0 Å². The van der Waals surface area contributed by atoms with Crippen molar-refractivity contribution in [1.82, 2.24) is 10.6 Å². The van der Waals surface area contributed by atoms with Gasteiger partial charge < -0.3 is 10.6 Å². The molecular formula is C19H26N2O2. The van der Waals surface area contributed by atoms with Gasteiger partial charge in [0.2, 0.25) is 11.8 Å². The molecule has 1 aliphatic carbocycles. The van der Waals surface area contributed by atoms with E-state index in [1.807, 2.05) is 6.07 Å². The van der Waals surface area contributed by atoms with Gasteiger partial charge in [0.25, 0.3) is 0 Å². The van der Waals surface area contributed by atoms with E-state index in [4.69, 9.17) is 0 Å². The van der Waals surface area contributed by atoms with Crippen LogP contribution in [-0.4, -0.2) is 24.9 Å². The third-order valence-electron chi connectivity index (χ3n) is 5.34.